The Morgan fingerprint density at radius 3 is 2.03 bits per heavy atom. The first-order valence-corrected chi connectivity index (χ1v) is 12.9. The van der Waals surface area contributed by atoms with Crippen molar-refractivity contribution in [3.63, 3.8) is 0 Å². The van der Waals surface area contributed by atoms with Gasteiger partial charge in [-0.25, -0.2) is 14.4 Å². The molecule has 35 heavy (non-hydrogen) atoms. The van der Waals surface area contributed by atoms with Crippen LogP contribution >= 0.6 is 0 Å². The zero-order chi connectivity index (χ0) is 24.7. The lowest BCUT2D eigenvalue weighted by Crippen LogP contribution is -1.98. The van der Waals surface area contributed by atoms with E-state index in [0.29, 0.717) is 5.82 Å². The van der Waals surface area contributed by atoms with Crippen LogP contribution in [0.3, 0.4) is 0 Å². The van der Waals surface area contributed by atoms with Gasteiger partial charge >= 0.3 is 0 Å². The molecule has 0 fully saturated rings. The molecule has 0 atom stereocenters. The first kappa shape index (κ1) is 26.3. The summed E-state index contributed by atoms with van der Waals surface area (Å²) in [6.07, 6.45) is 18.3. The van der Waals surface area contributed by atoms with Gasteiger partial charge in [-0.2, -0.15) is 5.26 Å². The minimum Gasteiger partial charge on any atom is -0.486 e. The number of hydrogen-bond donors (Lipinski definition) is 0. The van der Waals surface area contributed by atoms with Gasteiger partial charge in [-0.1, -0.05) is 89.0 Å². The molecule has 0 unspecified atom stereocenters. The predicted molar refractivity (Wildman–Crippen MR) is 138 cm³/mol. The minimum atomic E-state index is -0.535. The van der Waals surface area contributed by atoms with Crippen LogP contribution in [0.15, 0.2) is 54.9 Å². The van der Waals surface area contributed by atoms with E-state index in [9.17, 15) is 4.39 Å². The molecule has 0 aliphatic rings. The maximum Gasteiger partial charge on any atom is 0.166 e. The quantitative estimate of drug-likeness (QED) is 0.209. The number of ether oxygens (including phenoxy) is 1. The van der Waals surface area contributed by atoms with E-state index in [2.05, 4.69) is 16.9 Å². The van der Waals surface area contributed by atoms with Crippen molar-refractivity contribution in [2.45, 2.75) is 84.2 Å². The maximum absolute atomic E-state index is 14.0. The average Bonchev–Trinajstić information content (AvgIpc) is 2.89. The van der Waals surface area contributed by atoms with Crippen molar-refractivity contribution >= 4 is 0 Å². The van der Waals surface area contributed by atoms with Crippen molar-refractivity contribution < 1.29 is 9.13 Å². The van der Waals surface area contributed by atoms with Gasteiger partial charge in [-0.05, 0) is 42.2 Å². The van der Waals surface area contributed by atoms with Crippen LogP contribution in [0.4, 0.5) is 4.39 Å². The van der Waals surface area contributed by atoms with Crippen molar-refractivity contribution in [1.29, 1.82) is 5.26 Å². The van der Waals surface area contributed by atoms with Crippen molar-refractivity contribution in [1.82, 2.24) is 9.97 Å². The van der Waals surface area contributed by atoms with Crippen LogP contribution in [-0.4, -0.2) is 9.97 Å². The zero-order valence-electron chi connectivity index (χ0n) is 20.8. The molecule has 5 heteroatoms. The summed E-state index contributed by atoms with van der Waals surface area (Å²) in [5, 5.41) is 8.83. The number of nitrogens with zero attached hydrogens (tertiary/aromatic N) is 3. The largest absolute Gasteiger partial charge is 0.486 e. The third kappa shape index (κ3) is 9.13. The van der Waals surface area contributed by atoms with Gasteiger partial charge in [-0.3, -0.25) is 0 Å². The molecule has 3 rings (SSSR count). The molecule has 0 bridgehead atoms. The molecule has 0 radical (unpaired) electrons. The number of aryl methyl sites for hydroxylation is 1. The molecule has 0 saturated carbocycles. The van der Waals surface area contributed by atoms with E-state index in [1.165, 1.54) is 81.9 Å². The fourth-order valence-electron chi connectivity index (χ4n) is 4.05. The highest BCUT2D eigenvalue weighted by Gasteiger charge is 2.06. The van der Waals surface area contributed by atoms with Crippen LogP contribution in [0, 0.1) is 17.1 Å². The highest BCUT2D eigenvalue weighted by molar-refractivity contribution is 5.55. The van der Waals surface area contributed by atoms with Gasteiger partial charge in [0.15, 0.2) is 17.4 Å². The minimum absolute atomic E-state index is 0.134. The highest BCUT2D eigenvalue weighted by Crippen LogP contribution is 2.21. The van der Waals surface area contributed by atoms with Gasteiger partial charge in [-0.15, -0.1) is 0 Å². The number of hydrogen-bond acceptors (Lipinski definition) is 4. The van der Waals surface area contributed by atoms with E-state index in [4.69, 9.17) is 10.00 Å². The molecule has 0 aliphatic carbocycles. The molecule has 0 aliphatic heterocycles. The lowest BCUT2D eigenvalue weighted by molar-refractivity contribution is 0.290. The molecule has 0 spiro atoms. The topological polar surface area (TPSA) is 58.8 Å². The fourth-order valence-corrected chi connectivity index (χ4v) is 4.05. The summed E-state index contributed by atoms with van der Waals surface area (Å²) in [6, 6.07) is 13.9. The Morgan fingerprint density at radius 1 is 0.800 bits per heavy atom. The second-order valence-corrected chi connectivity index (χ2v) is 9.09. The Balaban J connectivity index is 1.37. The number of benzene rings is 2. The van der Waals surface area contributed by atoms with E-state index in [1.54, 1.807) is 6.07 Å². The first-order chi connectivity index (χ1) is 17.2. The van der Waals surface area contributed by atoms with Crippen LogP contribution in [-0.2, 0) is 13.0 Å². The van der Waals surface area contributed by atoms with Gasteiger partial charge in [0.25, 0.3) is 0 Å². The second-order valence-electron chi connectivity index (χ2n) is 9.09. The van der Waals surface area contributed by atoms with Crippen LogP contribution in [0.1, 0.15) is 87.8 Å². The van der Waals surface area contributed by atoms with Crippen molar-refractivity contribution in [3.05, 3.63) is 77.4 Å². The smallest absolute Gasteiger partial charge is 0.166 e. The number of nitriles is 1. The Morgan fingerprint density at radius 2 is 1.43 bits per heavy atom. The van der Waals surface area contributed by atoms with E-state index >= 15 is 0 Å². The van der Waals surface area contributed by atoms with Gasteiger partial charge in [0.1, 0.15) is 6.61 Å². The fraction of sp³-hybridized carbons (Fsp3) is 0.433. The molecule has 184 valence electrons. The summed E-state index contributed by atoms with van der Waals surface area (Å²) in [5.74, 6) is 0.295. The molecule has 1 heterocycles. The van der Waals surface area contributed by atoms with E-state index in [1.807, 2.05) is 42.7 Å². The number of rotatable bonds is 15. The second kappa shape index (κ2) is 14.9. The summed E-state index contributed by atoms with van der Waals surface area (Å²) in [7, 11) is 0. The summed E-state index contributed by atoms with van der Waals surface area (Å²) in [6.45, 7) is 2.50. The van der Waals surface area contributed by atoms with Crippen LogP contribution in [0.25, 0.3) is 11.4 Å². The Bertz CT molecular complexity index is 1060. The number of unbranched alkanes of at least 4 members (excludes halogenated alkanes) is 9. The summed E-state index contributed by atoms with van der Waals surface area (Å²) < 4.78 is 19.5. The van der Waals surface area contributed by atoms with E-state index < -0.39 is 5.82 Å². The van der Waals surface area contributed by atoms with Gasteiger partial charge in [0.05, 0.1) is 11.6 Å². The molecule has 4 nitrogen and oxygen atoms in total. The van der Waals surface area contributed by atoms with Crippen molar-refractivity contribution in [3.8, 4) is 23.2 Å². The van der Waals surface area contributed by atoms with Crippen molar-refractivity contribution in [2.24, 2.45) is 0 Å². The normalized spacial score (nSPS) is 10.8. The van der Waals surface area contributed by atoms with Gasteiger partial charge in [0, 0.05) is 18.0 Å². The summed E-state index contributed by atoms with van der Waals surface area (Å²) in [5.41, 5.74) is 3.30. The predicted octanol–water partition coefficient (Wildman–Crippen LogP) is 8.20. The molecule has 0 amide bonds. The molecule has 2 aromatic carbocycles. The SMILES string of the molecule is CCCCCCCCCCCCc1cnc(-c2ccc(COc3ccc(C#N)cc3F)cc2)nc1. The third-order valence-corrected chi connectivity index (χ3v) is 6.19. The highest BCUT2D eigenvalue weighted by atomic mass is 19.1. The third-order valence-electron chi connectivity index (χ3n) is 6.19. The van der Waals surface area contributed by atoms with Crippen LogP contribution in [0.2, 0.25) is 0 Å². The number of aromatic nitrogens is 2. The molecular formula is C30H36FN3O. The van der Waals surface area contributed by atoms with Crippen molar-refractivity contribution in [2.75, 3.05) is 0 Å². The Labute approximate surface area is 209 Å². The molecular weight excluding hydrogens is 437 g/mol. The first-order valence-electron chi connectivity index (χ1n) is 12.9. The van der Waals surface area contributed by atoms with Crippen LogP contribution < -0.4 is 4.74 Å². The zero-order valence-corrected chi connectivity index (χ0v) is 20.8. The molecule has 3 aromatic rings. The monoisotopic (exact) mass is 473 g/mol. The average molecular weight is 474 g/mol. The Hall–Kier alpha value is -3.26. The lowest BCUT2D eigenvalue weighted by atomic mass is 10.0. The summed E-state index contributed by atoms with van der Waals surface area (Å²) in [4.78, 5) is 9.09. The Kier molecular flexibility index (Phi) is 11.2. The standard InChI is InChI=1S/C30H36FN3O/c1-2-3-4-5-6-7-8-9-10-11-12-26-21-33-30(34-22-26)27-16-13-24(14-17-27)23-35-29-18-15-25(20-32)19-28(29)31/h13-19,21-22H,2-12,23H2,1H3. The summed E-state index contributed by atoms with van der Waals surface area (Å²) >= 11 is 0. The molecule has 0 N–H and O–H groups in total. The van der Waals surface area contributed by atoms with E-state index in [-0.39, 0.29) is 17.9 Å². The van der Waals surface area contributed by atoms with E-state index in [0.717, 1.165) is 17.5 Å². The van der Waals surface area contributed by atoms with Gasteiger partial charge < -0.3 is 4.74 Å². The van der Waals surface area contributed by atoms with Crippen LogP contribution in [0.5, 0.6) is 5.75 Å². The molecule has 0 saturated heterocycles. The molecule has 1 aromatic heterocycles. The maximum atomic E-state index is 14.0. The van der Waals surface area contributed by atoms with Gasteiger partial charge in [0.2, 0.25) is 0 Å². The lowest BCUT2D eigenvalue weighted by Gasteiger charge is -2.08. The number of halogens is 1.